The number of carbonyl (C=O) groups is 1. The van der Waals surface area contributed by atoms with Crippen LogP contribution in [0.4, 0.5) is 5.13 Å². The fourth-order valence-electron chi connectivity index (χ4n) is 3.04. The molecular weight excluding hydrogens is 410 g/mol. The molecule has 0 fully saturated rings. The highest BCUT2D eigenvalue weighted by atomic mass is 35.5. The minimum atomic E-state index is -0.326. The van der Waals surface area contributed by atoms with Crippen molar-refractivity contribution in [1.82, 2.24) is 9.97 Å². The smallest absolute Gasteiger partial charge is 0.257 e. The summed E-state index contributed by atoms with van der Waals surface area (Å²) in [5.74, 6) is 0.500. The number of nitrogens with zero attached hydrogens (tertiary/aromatic N) is 1. The summed E-state index contributed by atoms with van der Waals surface area (Å²) in [5, 5.41) is 6.63. The molecule has 0 saturated carbocycles. The van der Waals surface area contributed by atoms with E-state index in [1.807, 2.05) is 42.8 Å². The van der Waals surface area contributed by atoms with Gasteiger partial charge in [-0.25, -0.2) is 4.98 Å². The Balaban J connectivity index is 1.58. The first-order valence-corrected chi connectivity index (χ1v) is 10.2. The molecule has 8 heteroatoms. The number of hydrogen-bond donors (Lipinski definition) is 2. The first kappa shape index (κ1) is 19.3. The molecule has 0 aliphatic heterocycles. The summed E-state index contributed by atoms with van der Waals surface area (Å²) in [5.41, 5.74) is 3.18. The highest BCUT2D eigenvalue weighted by Gasteiger charge is 2.17. The summed E-state index contributed by atoms with van der Waals surface area (Å²) in [6, 6.07) is 11.2. The second-order valence-corrected chi connectivity index (χ2v) is 7.43. The lowest BCUT2D eigenvalue weighted by Gasteiger charge is -2.12. The van der Waals surface area contributed by atoms with E-state index < -0.39 is 0 Å². The van der Waals surface area contributed by atoms with Crippen LogP contribution < -0.4 is 14.8 Å². The van der Waals surface area contributed by atoms with Gasteiger partial charge in [-0.1, -0.05) is 29.8 Å². The van der Waals surface area contributed by atoms with E-state index in [1.165, 1.54) is 18.4 Å². The topological polar surface area (TPSA) is 76.2 Å². The minimum Gasteiger partial charge on any atom is -0.493 e. The van der Waals surface area contributed by atoms with Crippen molar-refractivity contribution in [3.05, 3.63) is 58.6 Å². The van der Waals surface area contributed by atoms with E-state index in [-0.39, 0.29) is 5.91 Å². The number of halogens is 1. The maximum absolute atomic E-state index is 12.7. The minimum absolute atomic E-state index is 0.315. The van der Waals surface area contributed by atoms with Crippen LogP contribution in [-0.2, 0) is 0 Å². The van der Waals surface area contributed by atoms with Crippen LogP contribution in [0, 0.1) is 0 Å². The third-order valence-corrected chi connectivity index (χ3v) is 5.41. The van der Waals surface area contributed by atoms with Gasteiger partial charge >= 0.3 is 0 Å². The number of thiazole rings is 1. The van der Waals surface area contributed by atoms with Crippen molar-refractivity contribution in [3.63, 3.8) is 0 Å². The molecule has 148 valence electrons. The lowest BCUT2D eigenvalue weighted by atomic mass is 10.1. The van der Waals surface area contributed by atoms with Gasteiger partial charge in [-0.3, -0.25) is 10.1 Å². The fourth-order valence-corrected chi connectivity index (χ4v) is 4.01. The molecule has 29 heavy (non-hydrogen) atoms. The van der Waals surface area contributed by atoms with Gasteiger partial charge in [0.1, 0.15) is 0 Å². The first-order valence-electron chi connectivity index (χ1n) is 8.94. The zero-order chi connectivity index (χ0) is 20.4. The number of hydrogen-bond acceptors (Lipinski definition) is 5. The first-order chi connectivity index (χ1) is 14.1. The maximum Gasteiger partial charge on any atom is 0.257 e. The number of benzene rings is 2. The van der Waals surface area contributed by atoms with Gasteiger partial charge < -0.3 is 14.5 Å². The Labute approximate surface area is 176 Å². The van der Waals surface area contributed by atoms with Crippen molar-refractivity contribution in [1.29, 1.82) is 0 Å². The number of aromatic nitrogens is 2. The molecule has 0 aliphatic rings. The Morgan fingerprint density at radius 2 is 2.14 bits per heavy atom. The quantitative estimate of drug-likeness (QED) is 0.419. The van der Waals surface area contributed by atoms with Crippen LogP contribution in [0.15, 0.2) is 48.0 Å². The van der Waals surface area contributed by atoms with Gasteiger partial charge in [0, 0.05) is 33.6 Å². The number of rotatable bonds is 6. The lowest BCUT2D eigenvalue weighted by Crippen LogP contribution is -2.12. The molecule has 0 radical (unpaired) electrons. The largest absolute Gasteiger partial charge is 0.493 e. The Morgan fingerprint density at radius 1 is 1.31 bits per heavy atom. The predicted molar refractivity (Wildman–Crippen MR) is 117 cm³/mol. The number of methoxy groups -OCH3 is 1. The highest BCUT2D eigenvalue weighted by Crippen LogP contribution is 2.37. The van der Waals surface area contributed by atoms with Crippen molar-refractivity contribution in [2.45, 2.75) is 6.92 Å². The van der Waals surface area contributed by atoms with Gasteiger partial charge in [0.15, 0.2) is 16.6 Å². The third kappa shape index (κ3) is 3.79. The molecule has 0 aliphatic carbocycles. The van der Waals surface area contributed by atoms with Gasteiger partial charge in [-0.05, 0) is 25.1 Å². The monoisotopic (exact) mass is 427 g/mol. The molecule has 4 aromatic rings. The van der Waals surface area contributed by atoms with Crippen LogP contribution in [0.1, 0.15) is 17.3 Å². The van der Waals surface area contributed by atoms with E-state index in [1.54, 1.807) is 12.1 Å². The molecule has 0 unspecified atom stereocenters. The average molecular weight is 428 g/mol. The van der Waals surface area contributed by atoms with E-state index in [0.717, 1.165) is 22.2 Å². The van der Waals surface area contributed by atoms with E-state index >= 15 is 0 Å². The van der Waals surface area contributed by atoms with E-state index in [4.69, 9.17) is 21.1 Å². The zero-order valence-corrected chi connectivity index (χ0v) is 17.4. The van der Waals surface area contributed by atoms with Crippen molar-refractivity contribution in [2.75, 3.05) is 19.0 Å². The summed E-state index contributed by atoms with van der Waals surface area (Å²) in [7, 11) is 1.50. The van der Waals surface area contributed by atoms with Gasteiger partial charge in [0.2, 0.25) is 0 Å². The number of ether oxygens (including phenoxy) is 2. The zero-order valence-electron chi connectivity index (χ0n) is 15.8. The third-order valence-electron chi connectivity index (χ3n) is 4.37. The van der Waals surface area contributed by atoms with E-state index in [2.05, 4.69) is 15.3 Å². The lowest BCUT2D eigenvalue weighted by molar-refractivity contribution is 0.102. The van der Waals surface area contributed by atoms with Gasteiger partial charge in [0.25, 0.3) is 5.91 Å². The molecule has 0 atom stereocenters. The number of aromatic amines is 1. The second kappa shape index (κ2) is 8.14. The second-order valence-electron chi connectivity index (χ2n) is 6.16. The Bertz CT molecular complexity index is 1190. The summed E-state index contributed by atoms with van der Waals surface area (Å²) in [6.07, 6.45) is 1.92. The van der Waals surface area contributed by atoms with Crippen LogP contribution >= 0.6 is 22.9 Å². The van der Waals surface area contributed by atoms with Crippen molar-refractivity contribution in [2.24, 2.45) is 0 Å². The standard InChI is InChI=1S/C21H18ClN3O3S/c1-3-28-19-15(22)8-12(9-18(19)27-2)20(26)25-21-24-17(11-29-21)14-10-23-16-7-5-4-6-13(14)16/h4-11,23H,3H2,1-2H3,(H,24,25,26). The van der Waals surface area contributed by atoms with Gasteiger partial charge in [-0.2, -0.15) is 0 Å². The summed E-state index contributed by atoms with van der Waals surface area (Å²) in [4.78, 5) is 20.5. The Morgan fingerprint density at radius 3 is 2.93 bits per heavy atom. The summed E-state index contributed by atoms with van der Waals surface area (Å²) >= 11 is 7.62. The van der Waals surface area contributed by atoms with Crippen LogP contribution in [0.25, 0.3) is 22.2 Å². The number of anilines is 1. The normalized spacial score (nSPS) is 10.9. The molecule has 2 aromatic carbocycles. The summed E-state index contributed by atoms with van der Waals surface area (Å²) < 4.78 is 10.8. The molecule has 2 aromatic heterocycles. The Hall–Kier alpha value is -3.03. The SMILES string of the molecule is CCOc1c(Cl)cc(C(=O)Nc2nc(-c3c[nH]c4ccccc34)cs2)cc1OC. The number of para-hydroxylation sites is 1. The predicted octanol–water partition coefficient (Wildman–Crippen LogP) is 5.60. The number of fused-ring (bicyclic) bond motifs is 1. The molecular formula is C21H18ClN3O3S. The van der Waals surface area contributed by atoms with Crippen LogP contribution in [0.3, 0.4) is 0 Å². The molecule has 0 spiro atoms. The molecule has 0 bridgehead atoms. The van der Waals surface area contributed by atoms with Crippen molar-refractivity contribution < 1.29 is 14.3 Å². The van der Waals surface area contributed by atoms with Crippen LogP contribution in [0.2, 0.25) is 5.02 Å². The number of nitrogens with one attached hydrogen (secondary N) is 2. The van der Waals surface area contributed by atoms with Gasteiger partial charge in [-0.15, -0.1) is 11.3 Å². The van der Waals surface area contributed by atoms with Crippen molar-refractivity contribution >= 4 is 44.9 Å². The molecule has 2 heterocycles. The molecule has 4 rings (SSSR count). The summed E-state index contributed by atoms with van der Waals surface area (Å²) in [6.45, 7) is 2.29. The Kier molecular flexibility index (Phi) is 5.42. The molecule has 2 N–H and O–H groups in total. The number of H-pyrrole nitrogens is 1. The molecule has 0 saturated heterocycles. The highest BCUT2D eigenvalue weighted by molar-refractivity contribution is 7.14. The maximum atomic E-state index is 12.7. The van der Waals surface area contributed by atoms with E-state index in [0.29, 0.717) is 33.8 Å². The fraction of sp³-hybridized carbons (Fsp3) is 0.143. The van der Waals surface area contributed by atoms with Crippen LogP contribution in [-0.4, -0.2) is 29.6 Å². The van der Waals surface area contributed by atoms with Crippen molar-refractivity contribution in [3.8, 4) is 22.8 Å². The van der Waals surface area contributed by atoms with Gasteiger partial charge in [0.05, 0.1) is 24.4 Å². The number of amides is 1. The van der Waals surface area contributed by atoms with E-state index in [9.17, 15) is 4.79 Å². The molecule has 6 nitrogen and oxygen atoms in total. The van der Waals surface area contributed by atoms with Crippen LogP contribution in [0.5, 0.6) is 11.5 Å². The number of carbonyl (C=O) groups excluding carboxylic acids is 1. The molecule has 1 amide bonds. The average Bonchev–Trinajstić information content (AvgIpc) is 3.36.